The second-order valence-electron chi connectivity index (χ2n) is 1.65. The lowest BCUT2D eigenvalue weighted by molar-refractivity contribution is 1.14. The highest BCUT2D eigenvalue weighted by molar-refractivity contribution is 9.09. The minimum Gasteiger partial charge on any atom is -0.103 e. The van der Waals surface area contributed by atoms with Crippen molar-refractivity contribution in [3.8, 4) is 0 Å². The third kappa shape index (κ3) is 0.648. The minimum atomic E-state index is 0.759. The van der Waals surface area contributed by atoms with Gasteiger partial charge in [-0.15, -0.1) is 6.58 Å². The highest BCUT2D eigenvalue weighted by atomic mass is 79.9. The van der Waals surface area contributed by atoms with E-state index in [1.54, 1.807) is 0 Å². The number of hydrogen-bond donors (Lipinski definition) is 0. The Morgan fingerprint density at radius 1 is 1.83 bits per heavy atom. The number of allylic oxidation sites excluding steroid dienone is 1. The van der Waals surface area contributed by atoms with Crippen LogP contribution in [0.5, 0.6) is 0 Å². The normalized spacial score (nSPS) is 42.2. The van der Waals surface area contributed by atoms with Gasteiger partial charge in [0.25, 0.3) is 0 Å². The van der Waals surface area contributed by atoms with Gasteiger partial charge < -0.3 is 0 Å². The average Bonchev–Trinajstić information content (AvgIpc) is 2.19. The number of rotatable bonds is 1. The summed E-state index contributed by atoms with van der Waals surface area (Å²) in [6.45, 7) is 3.64. The topological polar surface area (TPSA) is 0 Å². The average molecular weight is 147 g/mol. The van der Waals surface area contributed by atoms with Crippen LogP contribution in [0.3, 0.4) is 0 Å². The van der Waals surface area contributed by atoms with Crippen LogP contribution in [0.1, 0.15) is 6.42 Å². The summed E-state index contributed by atoms with van der Waals surface area (Å²) < 4.78 is 0. The Morgan fingerprint density at radius 3 is 2.33 bits per heavy atom. The number of hydrogen-bond acceptors (Lipinski definition) is 0. The smallest absolute Gasteiger partial charge is 0.0214 e. The summed E-state index contributed by atoms with van der Waals surface area (Å²) in [6, 6.07) is 0. The van der Waals surface area contributed by atoms with E-state index in [-0.39, 0.29) is 0 Å². The first-order chi connectivity index (χ1) is 2.84. The predicted molar refractivity (Wildman–Crippen MR) is 31.0 cm³/mol. The zero-order chi connectivity index (χ0) is 4.57. The van der Waals surface area contributed by atoms with Crippen LogP contribution in [0.2, 0.25) is 0 Å². The van der Waals surface area contributed by atoms with E-state index in [2.05, 4.69) is 22.5 Å². The maximum Gasteiger partial charge on any atom is 0.0214 e. The summed E-state index contributed by atoms with van der Waals surface area (Å²) in [5.74, 6) is 0.782. The second-order valence-corrected chi connectivity index (χ2v) is 2.83. The van der Waals surface area contributed by atoms with Gasteiger partial charge in [0.05, 0.1) is 0 Å². The van der Waals surface area contributed by atoms with Gasteiger partial charge in [-0.05, 0) is 12.3 Å². The van der Waals surface area contributed by atoms with Crippen molar-refractivity contribution in [2.75, 3.05) is 0 Å². The molecule has 0 N–H and O–H groups in total. The number of alkyl halides is 1. The van der Waals surface area contributed by atoms with Gasteiger partial charge in [-0.25, -0.2) is 0 Å². The van der Waals surface area contributed by atoms with Crippen LogP contribution in [0, 0.1) is 5.92 Å². The van der Waals surface area contributed by atoms with Gasteiger partial charge in [-0.3, -0.25) is 0 Å². The lowest BCUT2D eigenvalue weighted by atomic mass is 10.4. The molecule has 1 saturated carbocycles. The van der Waals surface area contributed by atoms with E-state index >= 15 is 0 Å². The van der Waals surface area contributed by atoms with Crippen LogP contribution < -0.4 is 0 Å². The Labute approximate surface area is 46.4 Å². The maximum atomic E-state index is 3.64. The molecule has 0 nitrogen and oxygen atoms in total. The third-order valence-electron chi connectivity index (χ3n) is 1.06. The Kier molecular flexibility index (Phi) is 1.00. The first-order valence-corrected chi connectivity index (χ1v) is 3.03. The molecule has 0 unspecified atom stereocenters. The summed E-state index contributed by atoms with van der Waals surface area (Å²) in [6.07, 6.45) is 3.29. The molecule has 1 aliphatic carbocycles. The molecule has 0 bridgehead atoms. The molecule has 0 spiro atoms. The molecule has 1 fully saturated rings. The standard InChI is InChI=1S/C5H7Br/c1-2-4-3-5(4)6/h2,4-5H,1,3H2/t4-,5+/m0/s1. The summed E-state index contributed by atoms with van der Waals surface area (Å²) >= 11 is 3.44. The van der Waals surface area contributed by atoms with E-state index in [1.807, 2.05) is 6.08 Å². The predicted octanol–water partition coefficient (Wildman–Crippen LogP) is 1.96. The zero-order valence-electron chi connectivity index (χ0n) is 3.52. The molecule has 2 atom stereocenters. The Balaban J connectivity index is 2.25. The fourth-order valence-corrected chi connectivity index (χ4v) is 1.07. The molecule has 0 aromatic heterocycles. The van der Waals surface area contributed by atoms with E-state index in [4.69, 9.17) is 0 Å². The van der Waals surface area contributed by atoms with E-state index in [0.717, 1.165) is 10.7 Å². The van der Waals surface area contributed by atoms with Crippen molar-refractivity contribution in [3.63, 3.8) is 0 Å². The van der Waals surface area contributed by atoms with Gasteiger partial charge in [-0.1, -0.05) is 22.0 Å². The molecule has 0 aromatic rings. The third-order valence-corrected chi connectivity index (χ3v) is 2.11. The highest BCUT2D eigenvalue weighted by Crippen LogP contribution is 2.37. The molecule has 0 aliphatic heterocycles. The molecule has 0 amide bonds. The molecule has 0 heterocycles. The van der Waals surface area contributed by atoms with E-state index in [1.165, 1.54) is 6.42 Å². The quantitative estimate of drug-likeness (QED) is 0.392. The van der Waals surface area contributed by atoms with Crippen molar-refractivity contribution in [1.29, 1.82) is 0 Å². The molecule has 1 heteroatoms. The van der Waals surface area contributed by atoms with Crippen LogP contribution in [-0.2, 0) is 0 Å². The lowest BCUT2D eigenvalue weighted by Crippen LogP contribution is -1.63. The Morgan fingerprint density at radius 2 is 2.33 bits per heavy atom. The van der Waals surface area contributed by atoms with Crippen molar-refractivity contribution in [2.45, 2.75) is 11.2 Å². The van der Waals surface area contributed by atoms with Crippen LogP contribution in [0.15, 0.2) is 12.7 Å². The van der Waals surface area contributed by atoms with Gasteiger partial charge in [0, 0.05) is 4.83 Å². The van der Waals surface area contributed by atoms with Crippen LogP contribution in [-0.4, -0.2) is 4.83 Å². The molecular formula is C5H7Br. The summed E-state index contributed by atoms with van der Waals surface area (Å²) in [5, 5.41) is 0. The van der Waals surface area contributed by atoms with Crippen molar-refractivity contribution in [2.24, 2.45) is 5.92 Å². The first-order valence-electron chi connectivity index (χ1n) is 2.11. The molecule has 34 valence electrons. The molecule has 6 heavy (non-hydrogen) atoms. The molecule has 0 radical (unpaired) electrons. The van der Waals surface area contributed by atoms with E-state index in [9.17, 15) is 0 Å². The van der Waals surface area contributed by atoms with E-state index < -0.39 is 0 Å². The maximum absolute atomic E-state index is 3.64. The Hall–Kier alpha value is 0.220. The largest absolute Gasteiger partial charge is 0.103 e. The van der Waals surface area contributed by atoms with Gasteiger partial charge >= 0.3 is 0 Å². The monoisotopic (exact) mass is 146 g/mol. The van der Waals surface area contributed by atoms with Crippen molar-refractivity contribution >= 4 is 15.9 Å². The number of halogens is 1. The molecular weight excluding hydrogens is 140 g/mol. The van der Waals surface area contributed by atoms with Gasteiger partial charge in [-0.2, -0.15) is 0 Å². The van der Waals surface area contributed by atoms with Crippen molar-refractivity contribution in [3.05, 3.63) is 12.7 Å². The van der Waals surface area contributed by atoms with Crippen molar-refractivity contribution < 1.29 is 0 Å². The molecule has 1 aliphatic rings. The van der Waals surface area contributed by atoms with Crippen LogP contribution >= 0.6 is 15.9 Å². The first kappa shape index (κ1) is 4.38. The summed E-state index contributed by atoms with van der Waals surface area (Å²) in [5.41, 5.74) is 0. The fraction of sp³-hybridized carbons (Fsp3) is 0.600. The fourth-order valence-electron chi connectivity index (χ4n) is 0.425. The lowest BCUT2D eigenvalue weighted by Gasteiger charge is -1.70. The summed E-state index contributed by atoms with van der Waals surface area (Å²) in [7, 11) is 0. The van der Waals surface area contributed by atoms with Gasteiger partial charge in [0.2, 0.25) is 0 Å². The van der Waals surface area contributed by atoms with Crippen molar-refractivity contribution in [1.82, 2.24) is 0 Å². The zero-order valence-corrected chi connectivity index (χ0v) is 5.11. The van der Waals surface area contributed by atoms with Crippen LogP contribution in [0.4, 0.5) is 0 Å². The highest BCUT2D eigenvalue weighted by Gasteiger charge is 2.30. The molecule has 0 aromatic carbocycles. The minimum absolute atomic E-state index is 0.759. The van der Waals surface area contributed by atoms with Gasteiger partial charge in [0.15, 0.2) is 0 Å². The van der Waals surface area contributed by atoms with Gasteiger partial charge in [0.1, 0.15) is 0 Å². The molecule has 1 rings (SSSR count). The van der Waals surface area contributed by atoms with Crippen LogP contribution in [0.25, 0.3) is 0 Å². The Bertz CT molecular complexity index is 68.3. The molecule has 0 saturated heterocycles. The SMILES string of the molecule is C=C[C@H]1C[C@H]1Br. The summed E-state index contributed by atoms with van der Waals surface area (Å²) in [4.78, 5) is 0.759. The van der Waals surface area contributed by atoms with E-state index in [0.29, 0.717) is 0 Å². The second kappa shape index (κ2) is 1.38.